The number of amides is 2. The van der Waals surface area contributed by atoms with E-state index in [1.165, 1.54) is 0 Å². The maximum Gasteiger partial charge on any atom is 0.259 e. The van der Waals surface area contributed by atoms with Gasteiger partial charge in [-0.15, -0.1) is 0 Å². The van der Waals surface area contributed by atoms with Crippen LogP contribution < -0.4 is 20.9 Å². The highest BCUT2D eigenvalue weighted by atomic mass is 16.2. The first-order chi connectivity index (χ1) is 14.2. The summed E-state index contributed by atoms with van der Waals surface area (Å²) in [5, 5.41) is 2.40. The van der Waals surface area contributed by atoms with Crippen molar-refractivity contribution in [3.05, 3.63) is 83.9 Å². The predicted molar refractivity (Wildman–Crippen MR) is 113 cm³/mol. The number of nitrogens with one attached hydrogen (secondary N) is 1. The van der Waals surface area contributed by atoms with E-state index in [0.717, 1.165) is 22.7 Å². The molecule has 2 heterocycles. The van der Waals surface area contributed by atoms with Crippen LogP contribution in [0.25, 0.3) is 0 Å². The smallest absolute Gasteiger partial charge is 0.259 e. The van der Waals surface area contributed by atoms with Crippen molar-refractivity contribution in [1.29, 1.82) is 0 Å². The Morgan fingerprint density at radius 1 is 0.828 bits per heavy atom. The SMILES string of the molecule is NCC1CN(c2ccccc2)c2cc3c(cc2N1c1ccccc1)C(=O)NC3=O. The van der Waals surface area contributed by atoms with Crippen LogP contribution in [0.4, 0.5) is 22.7 Å². The Morgan fingerprint density at radius 3 is 1.97 bits per heavy atom. The highest BCUT2D eigenvalue weighted by Gasteiger charge is 2.36. The van der Waals surface area contributed by atoms with Crippen molar-refractivity contribution in [2.24, 2.45) is 5.73 Å². The summed E-state index contributed by atoms with van der Waals surface area (Å²) in [5.41, 5.74) is 10.8. The van der Waals surface area contributed by atoms with Crippen LogP contribution in [-0.2, 0) is 0 Å². The van der Waals surface area contributed by atoms with Crippen molar-refractivity contribution >= 4 is 34.6 Å². The molecule has 2 amide bonds. The summed E-state index contributed by atoms with van der Waals surface area (Å²) in [4.78, 5) is 29.0. The van der Waals surface area contributed by atoms with Crippen LogP contribution in [0.1, 0.15) is 20.7 Å². The molecule has 2 aliphatic rings. The second-order valence-corrected chi connectivity index (χ2v) is 7.21. The molecule has 3 aromatic rings. The molecule has 29 heavy (non-hydrogen) atoms. The zero-order valence-corrected chi connectivity index (χ0v) is 15.7. The molecule has 1 atom stereocenters. The van der Waals surface area contributed by atoms with Crippen molar-refractivity contribution in [3.63, 3.8) is 0 Å². The van der Waals surface area contributed by atoms with Crippen LogP contribution in [0.5, 0.6) is 0 Å². The fourth-order valence-electron chi connectivity index (χ4n) is 4.16. The van der Waals surface area contributed by atoms with Crippen LogP contribution >= 0.6 is 0 Å². The molecule has 0 saturated heterocycles. The third-order valence-electron chi connectivity index (χ3n) is 5.51. The molecule has 2 aliphatic heterocycles. The number of nitrogens with two attached hydrogens (primary N) is 1. The van der Waals surface area contributed by atoms with Gasteiger partial charge < -0.3 is 15.5 Å². The van der Waals surface area contributed by atoms with Crippen LogP contribution in [0, 0.1) is 0 Å². The summed E-state index contributed by atoms with van der Waals surface area (Å²) < 4.78 is 0. The summed E-state index contributed by atoms with van der Waals surface area (Å²) >= 11 is 0. The van der Waals surface area contributed by atoms with Gasteiger partial charge in [0.2, 0.25) is 0 Å². The zero-order chi connectivity index (χ0) is 20.0. The van der Waals surface area contributed by atoms with Crippen molar-refractivity contribution in [1.82, 2.24) is 5.32 Å². The van der Waals surface area contributed by atoms with Gasteiger partial charge in [0.05, 0.1) is 28.5 Å². The van der Waals surface area contributed by atoms with Gasteiger partial charge in [0.15, 0.2) is 0 Å². The summed E-state index contributed by atoms with van der Waals surface area (Å²) in [6.45, 7) is 1.11. The molecule has 3 N–H and O–H groups in total. The van der Waals surface area contributed by atoms with Crippen LogP contribution in [0.2, 0.25) is 0 Å². The second-order valence-electron chi connectivity index (χ2n) is 7.21. The minimum atomic E-state index is -0.359. The fraction of sp³-hybridized carbons (Fsp3) is 0.130. The van der Waals surface area contributed by atoms with Gasteiger partial charge in [-0.1, -0.05) is 36.4 Å². The first-order valence-electron chi connectivity index (χ1n) is 9.58. The Hall–Kier alpha value is -3.64. The van der Waals surface area contributed by atoms with E-state index in [4.69, 9.17) is 5.73 Å². The van der Waals surface area contributed by atoms with E-state index in [9.17, 15) is 9.59 Å². The molecule has 0 fully saturated rings. The van der Waals surface area contributed by atoms with Gasteiger partial charge in [-0.2, -0.15) is 0 Å². The number of imide groups is 1. The van der Waals surface area contributed by atoms with E-state index in [-0.39, 0.29) is 17.9 Å². The van der Waals surface area contributed by atoms with Crippen molar-refractivity contribution in [2.75, 3.05) is 22.9 Å². The minimum absolute atomic E-state index is 0.00308. The molecule has 0 bridgehead atoms. The van der Waals surface area contributed by atoms with Gasteiger partial charge >= 0.3 is 0 Å². The summed E-state index contributed by atoms with van der Waals surface area (Å²) in [6, 6.07) is 23.6. The van der Waals surface area contributed by atoms with E-state index in [1.54, 1.807) is 0 Å². The maximum atomic E-state index is 12.3. The van der Waals surface area contributed by atoms with Crippen molar-refractivity contribution in [2.45, 2.75) is 6.04 Å². The number of para-hydroxylation sites is 2. The Labute approximate surface area is 168 Å². The number of nitrogens with zero attached hydrogens (tertiary/aromatic N) is 2. The number of hydrogen-bond donors (Lipinski definition) is 2. The standard InChI is InChI=1S/C23H20N4O2/c24-13-17-14-26(15-7-3-1-4-8-15)20-11-18-19(23(29)25-22(18)28)12-21(20)27(17)16-9-5-2-6-10-16/h1-12,17H,13-14,24H2,(H,25,28,29). The average Bonchev–Trinajstić information content (AvgIpc) is 3.05. The minimum Gasteiger partial charge on any atom is -0.338 e. The number of carbonyl (C=O) groups excluding carboxylic acids is 2. The molecule has 0 aliphatic carbocycles. The van der Waals surface area contributed by atoms with Gasteiger partial charge in [-0.3, -0.25) is 14.9 Å². The zero-order valence-electron chi connectivity index (χ0n) is 15.7. The number of fused-ring (bicyclic) bond motifs is 2. The summed E-state index contributed by atoms with van der Waals surface area (Å²) in [5.74, 6) is -0.713. The molecule has 1 unspecified atom stereocenters. The molecule has 5 rings (SSSR count). The number of benzene rings is 3. The molecule has 3 aromatic carbocycles. The molecule has 0 aromatic heterocycles. The molecular weight excluding hydrogens is 364 g/mol. The molecule has 0 spiro atoms. The lowest BCUT2D eigenvalue weighted by atomic mass is 9.99. The first kappa shape index (κ1) is 17.5. The Kier molecular flexibility index (Phi) is 4.07. The third-order valence-corrected chi connectivity index (χ3v) is 5.51. The van der Waals surface area contributed by atoms with Crippen LogP contribution in [-0.4, -0.2) is 30.9 Å². The molecule has 144 valence electrons. The average molecular weight is 384 g/mol. The van der Waals surface area contributed by atoms with E-state index in [0.29, 0.717) is 24.2 Å². The van der Waals surface area contributed by atoms with Crippen LogP contribution in [0.15, 0.2) is 72.8 Å². The van der Waals surface area contributed by atoms with Gasteiger partial charge in [0.1, 0.15) is 0 Å². The lowest BCUT2D eigenvalue weighted by molar-refractivity contribution is 0.0879. The molecule has 6 nitrogen and oxygen atoms in total. The number of carbonyl (C=O) groups is 2. The van der Waals surface area contributed by atoms with Gasteiger partial charge in [0, 0.05) is 24.5 Å². The molecule has 6 heteroatoms. The Bertz CT molecular complexity index is 1100. The van der Waals surface area contributed by atoms with Gasteiger partial charge in [-0.25, -0.2) is 0 Å². The van der Waals surface area contributed by atoms with E-state index in [2.05, 4.69) is 15.1 Å². The Morgan fingerprint density at radius 2 is 1.38 bits per heavy atom. The van der Waals surface area contributed by atoms with Crippen molar-refractivity contribution in [3.8, 4) is 0 Å². The Balaban J connectivity index is 1.76. The quantitative estimate of drug-likeness (QED) is 0.678. The molecule has 0 radical (unpaired) electrons. The summed E-state index contributed by atoms with van der Waals surface area (Å²) in [7, 11) is 0. The number of anilines is 4. The summed E-state index contributed by atoms with van der Waals surface area (Å²) in [6.07, 6.45) is 0. The highest BCUT2D eigenvalue weighted by molar-refractivity contribution is 6.22. The number of hydrogen-bond acceptors (Lipinski definition) is 5. The third kappa shape index (κ3) is 2.77. The first-order valence-corrected chi connectivity index (χ1v) is 9.58. The van der Waals surface area contributed by atoms with E-state index < -0.39 is 0 Å². The lowest BCUT2D eigenvalue weighted by Crippen LogP contribution is -2.49. The predicted octanol–water partition coefficient (Wildman–Crippen LogP) is 3.19. The fourth-order valence-corrected chi connectivity index (χ4v) is 4.16. The largest absolute Gasteiger partial charge is 0.338 e. The topological polar surface area (TPSA) is 78.7 Å². The lowest BCUT2D eigenvalue weighted by Gasteiger charge is -2.44. The normalized spacial score (nSPS) is 17.8. The van der Waals surface area contributed by atoms with E-state index >= 15 is 0 Å². The van der Waals surface area contributed by atoms with Crippen LogP contribution in [0.3, 0.4) is 0 Å². The van der Waals surface area contributed by atoms with Gasteiger partial charge in [0.25, 0.3) is 11.8 Å². The highest BCUT2D eigenvalue weighted by Crippen LogP contribution is 2.45. The monoisotopic (exact) mass is 384 g/mol. The number of rotatable bonds is 3. The van der Waals surface area contributed by atoms with Gasteiger partial charge in [-0.05, 0) is 36.4 Å². The van der Waals surface area contributed by atoms with Crippen molar-refractivity contribution < 1.29 is 9.59 Å². The molecule has 0 saturated carbocycles. The van der Waals surface area contributed by atoms with E-state index in [1.807, 2.05) is 72.8 Å². The molecular formula is C23H20N4O2. The maximum absolute atomic E-state index is 12.3. The second kappa shape index (κ2) is 6.76.